The number of nitrogens with two attached hydrogens (primary N) is 1. The summed E-state index contributed by atoms with van der Waals surface area (Å²) in [6.07, 6.45) is 4.70. The van der Waals surface area contributed by atoms with Gasteiger partial charge in [0, 0.05) is 17.8 Å². The lowest BCUT2D eigenvalue weighted by atomic mass is 10.1. The van der Waals surface area contributed by atoms with Crippen LogP contribution in [0.3, 0.4) is 0 Å². The average Bonchev–Trinajstić information content (AvgIpc) is 2.52. The van der Waals surface area contributed by atoms with Crippen LogP contribution in [0.1, 0.15) is 31.9 Å². The lowest BCUT2D eigenvalue weighted by Gasteiger charge is -2.03. The normalized spacial score (nSPS) is 10.8. The lowest BCUT2D eigenvalue weighted by molar-refractivity contribution is 0.532. The molecule has 0 aliphatic heterocycles. The van der Waals surface area contributed by atoms with Crippen molar-refractivity contribution in [3.63, 3.8) is 0 Å². The zero-order valence-electron chi connectivity index (χ0n) is 8.33. The van der Waals surface area contributed by atoms with Crippen LogP contribution in [0.4, 0.5) is 0 Å². The molecule has 2 N–H and O–H groups in total. The Bertz CT molecular complexity index is 286. The van der Waals surface area contributed by atoms with Gasteiger partial charge < -0.3 is 5.73 Å². The van der Waals surface area contributed by atoms with Crippen LogP contribution >= 0.6 is 0 Å². The van der Waals surface area contributed by atoms with Crippen molar-refractivity contribution in [2.75, 3.05) is 6.54 Å². The highest BCUT2D eigenvalue weighted by Gasteiger charge is 2.03. The first-order valence-corrected chi connectivity index (χ1v) is 4.57. The summed E-state index contributed by atoms with van der Waals surface area (Å²) in [5.74, 6) is 0. The summed E-state index contributed by atoms with van der Waals surface area (Å²) in [4.78, 5) is 0. The maximum Gasteiger partial charge on any atom is 0.0564 e. The van der Waals surface area contributed by atoms with E-state index in [0.29, 0.717) is 12.6 Å². The van der Waals surface area contributed by atoms with Crippen LogP contribution in [0.2, 0.25) is 0 Å². The van der Waals surface area contributed by atoms with E-state index in [2.05, 4.69) is 25.5 Å². The van der Waals surface area contributed by atoms with E-state index in [1.54, 1.807) is 0 Å². The monoisotopic (exact) mass is 179 g/mol. The maximum atomic E-state index is 5.45. The van der Waals surface area contributed by atoms with Gasteiger partial charge in [-0.05, 0) is 32.4 Å². The molecule has 0 radical (unpaired) electrons. The second-order valence-corrected chi connectivity index (χ2v) is 3.44. The van der Waals surface area contributed by atoms with Crippen LogP contribution in [0.15, 0.2) is 19.0 Å². The van der Waals surface area contributed by atoms with Crippen LogP contribution in [-0.4, -0.2) is 16.3 Å². The van der Waals surface area contributed by atoms with Crippen molar-refractivity contribution in [1.29, 1.82) is 0 Å². The highest BCUT2D eigenvalue weighted by Crippen LogP contribution is 2.15. The Hall–Kier alpha value is -1.09. The Labute approximate surface area is 79.2 Å². The predicted octanol–water partition coefficient (Wildman–Crippen LogP) is 1.83. The Morgan fingerprint density at radius 2 is 2.38 bits per heavy atom. The number of hydrogen-bond donors (Lipinski definition) is 1. The molecule has 0 unspecified atom stereocenters. The van der Waals surface area contributed by atoms with Gasteiger partial charge in [-0.2, -0.15) is 5.10 Å². The molecular formula is C10H17N3. The second kappa shape index (κ2) is 4.23. The average molecular weight is 179 g/mol. The molecule has 0 atom stereocenters. The fourth-order valence-electron chi connectivity index (χ4n) is 1.12. The molecular weight excluding hydrogens is 162 g/mol. The van der Waals surface area contributed by atoms with Crippen LogP contribution in [0.25, 0.3) is 5.57 Å². The fraction of sp³-hybridized carbons (Fsp3) is 0.500. The molecule has 13 heavy (non-hydrogen) atoms. The Morgan fingerprint density at radius 3 is 2.85 bits per heavy atom. The van der Waals surface area contributed by atoms with E-state index in [1.165, 1.54) is 0 Å². The zero-order chi connectivity index (χ0) is 9.84. The van der Waals surface area contributed by atoms with Crippen LogP contribution in [-0.2, 0) is 0 Å². The molecule has 0 aliphatic rings. The quantitative estimate of drug-likeness (QED) is 0.766. The van der Waals surface area contributed by atoms with E-state index in [1.807, 2.05) is 17.1 Å². The van der Waals surface area contributed by atoms with Crippen LogP contribution in [0, 0.1) is 0 Å². The zero-order valence-corrected chi connectivity index (χ0v) is 8.33. The largest absolute Gasteiger partial charge is 0.330 e. The highest BCUT2D eigenvalue weighted by atomic mass is 15.3. The molecule has 1 heterocycles. The molecule has 3 heteroatoms. The highest BCUT2D eigenvalue weighted by molar-refractivity contribution is 5.61. The van der Waals surface area contributed by atoms with Gasteiger partial charge in [0.05, 0.1) is 6.20 Å². The van der Waals surface area contributed by atoms with E-state index < -0.39 is 0 Å². The minimum atomic E-state index is 0.402. The van der Waals surface area contributed by atoms with Gasteiger partial charge in [0.1, 0.15) is 0 Å². The Morgan fingerprint density at radius 1 is 1.69 bits per heavy atom. The number of hydrogen-bond acceptors (Lipinski definition) is 2. The fourth-order valence-corrected chi connectivity index (χ4v) is 1.12. The number of aromatic nitrogens is 2. The summed E-state index contributed by atoms with van der Waals surface area (Å²) >= 11 is 0. The van der Waals surface area contributed by atoms with E-state index in [0.717, 1.165) is 17.6 Å². The summed E-state index contributed by atoms with van der Waals surface area (Å²) in [7, 11) is 0. The molecule has 72 valence electrons. The molecule has 0 saturated heterocycles. The molecule has 0 aromatic carbocycles. The van der Waals surface area contributed by atoms with Crippen molar-refractivity contribution in [3.8, 4) is 0 Å². The third-order valence-electron chi connectivity index (χ3n) is 1.98. The second-order valence-electron chi connectivity index (χ2n) is 3.44. The Balaban J connectivity index is 2.73. The molecule has 0 saturated carbocycles. The van der Waals surface area contributed by atoms with Crippen molar-refractivity contribution in [2.45, 2.75) is 26.3 Å². The van der Waals surface area contributed by atoms with E-state index in [-0.39, 0.29) is 0 Å². The first-order valence-electron chi connectivity index (χ1n) is 4.57. The Kier molecular flexibility index (Phi) is 3.25. The smallest absolute Gasteiger partial charge is 0.0564 e. The van der Waals surface area contributed by atoms with Crippen molar-refractivity contribution < 1.29 is 0 Å². The van der Waals surface area contributed by atoms with Gasteiger partial charge in [0.2, 0.25) is 0 Å². The third kappa shape index (κ3) is 2.42. The van der Waals surface area contributed by atoms with Gasteiger partial charge in [-0.15, -0.1) is 0 Å². The van der Waals surface area contributed by atoms with Crippen molar-refractivity contribution >= 4 is 5.57 Å². The van der Waals surface area contributed by atoms with Crippen molar-refractivity contribution in [2.24, 2.45) is 5.73 Å². The lowest BCUT2D eigenvalue weighted by Crippen LogP contribution is -2.00. The molecule has 1 aromatic heterocycles. The molecule has 1 rings (SSSR count). The van der Waals surface area contributed by atoms with Gasteiger partial charge in [0.15, 0.2) is 0 Å². The predicted molar refractivity (Wildman–Crippen MR) is 55.3 cm³/mol. The summed E-state index contributed by atoms with van der Waals surface area (Å²) in [5, 5.41) is 4.23. The molecule has 0 fully saturated rings. The van der Waals surface area contributed by atoms with Crippen molar-refractivity contribution in [1.82, 2.24) is 9.78 Å². The molecule has 3 nitrogen and oxygen atoms in total. The minimum Gasteiger partial charge on any atom is -0.330 e. The van der Waals surface area contributed by atoms with Crippen LogP contribution in [0.5, 0.6) is 0 Å². The minimum absolute atomic E-state index is 0.402. The van der Waals surface area contributed by atoms with E-state index in [4.69, 9.17) is 5.73 Å². The summed E-state index contributed by atoms with van der Waals surface area (Å²) in [6, 6.07) is 0.402. The third-order valence-corrected chi connectivity index (χ3v) is 1.98. The summed E-state index contributed by atoms with van der Waals surface area (Å²) < 4.78 is 1.93. The summed E-state index contributed by atoms with van der Waals surface area (Å²) in [6.45, 7) is 8.80. The number of rotatable bonds is 4. The maximum absolute atomic E-state index is 5.45. The summed E-state index contributed by atoms with van der Waals surface area (Å²) in [5.41, 5.74) is 7.61. The standard InChI is InChI=1S/C10H17N3/c1-8(2)13-7-10(6-12-13)9(3)4-5-11/h6-8H,3-5,11H2,1-2H3. The number of nitrogens with zero attached hydrogens (tertiary/aromatic N) is 2. The van der Waals surface area contributed by atoms with E-state index in [9.17, 15) is 0 Å². The topological polar surface area (TPSA) is 43.8 Å². The van der Waals surface area contributed by atoms with Gasteiger partial charge in [-0.3, -0.25) is 4.68 Å². The van der Waals surface area contributed by atoms with Crippen molar-refractivity contribution in [3.05, 3.63) is 24.5 Å². The SMILES string of the molecule is C=C(CCN)c1cnn(C(C)C)c1. The molecule has 0 aliphatic carbocycles. The van der Waals surface area contributed by atoms with Gasteiger partial charge in [-0.25, -0.2) is 0 Å². The molecule has 0 bridgehead atoms. The van der Waals surface area contributed by atoms with E-state index >= 15 is 0 Å². The molecule has 0 amide bonds. The van der Waals surface area contributed by atoms with Gasteiger partial charge in [-0.1, -0.05) is 6.58 Å². The molecule has 0 spiro atoms. The van der Waals surface area contributed by atoms with Gasteiger partial charge in [0.25, 0.3) is 0 Å². The van der Waals surface area contributed by atoms with Crippen LogP contribution < -0.4 is 5.73 Å². The molecule has 1 aromatic rings. The first kappa shape index (κ1) is 9.99. The first-order chi connectivity index (χ1) is 6.15. The van der Waals surface area contributed by atoms with Gasteiger partial charge >= 0.3 is 0 Å².